The molecule has 4 aromatic rings. The molecule has 7 rings (SSSR count). The van der Waals surface area contributed by atoms with Gasteiger partial charge >= 0.3 is 6.36 Å². The standard InChI is InChI=1S/C50H58F4N4O8S2/c1-8-10-11-12-13-14-32(19-31-20-34(51)22-35(21-31)66-50(52,53)54)46(60)58-27-36(23-40(58)41(59)26-49(25-33(49)9-2)47(61)57-68(62,63)48(6)17-18-48)65-43-24-38(45-56-39(28-67-45)29(3)4)55-44-30(5)42(64-7)16-15-37(43)44/h8-9,15-16,20-22,24,28-29,32-33,36,40H,1-2,10-14,17-19,23,25-27H2,3-7H3,(H,57,61)/t32-,33-,36-,40+,49-/m1/s1. The van der Waals surface area contributed by atoms with Crippen LogP contribution in [0.3, 0.4) is 0 Å². The number of aryl methyl sites for hydroxylation is 1. The maximum Gasteiger partial charge on any atom is 0.573 e. The number of halogens is 4. The van der Waals surface area contributed by atoms with Crippen LogP contribution in [0, 0.1) is 30.0 Å². The first kappa shape index (κ1) is 50.5. The normalized spacial score (nSPS) is 21.3. The van der Waals surface area contributed by atoms with E-state index in [2.05, 4.69) is 22.6 Å². The van der Waals surface area contributed by atoms with Crippen LogP contribution < -0.4 is 18.9 Å². The average molecular weight is 983 g/mol. The summed E-state index contributed by atoms with van der Waals surface area (Å²) >= 11 is 1.43. The first-order valence-corrected chi connectivity index (χ1v) is 25.3. The van der Waals surface area contributed by atoms with Crippen molar-refractivity contribution in [1.82, 2.24) is 19.6 Å². The number of unbranched alkanes of at least 4 members (excludes halogenated alkanes) is 3. The molecule has 2 aromatic heterocycles. The Balaban J connectivity index is 1.25. The van der Waals surface area contributed by atoms with Crippen LogP contribution >= 0.6 is 11.3 Å². The summed E-state index contributed by atoms with van der Waals surface area (Å²) in [6.45, 7) is 15.0. The number of aromatic nitrogens is 2. The van der Waals surface area contributed by atoms with Crippen molar-refractivity contribution in [2.24, 2.45) is 17.3 Å². The topological polar surface area (TPSA) is 154 Å². The van der Waals surface area contributed by atoms with Gasteiger partial charge in [0, 0.05) is 47.2 Å². The Morgan fingerprint density at radius 3 is 2.44 bits per heavy atom. The van der Waals surface area contributed by atoms with Crippen molar-refractivity contribution in [2.45, 2.75) is 127 Å². The summed E-state index contributed by atoms with van der Waals surface area (Å²) in [4.78, 5) is 55.2. The fraction of sp³-hybridized carbons (Fsp3) is 0.500. The number of alkyl halides is 3. The van der Waals surface area contributed by atoms with Gasteiger partial charge in [0.05, 0.1) is 41.1 Å². The summed E-state index contributed by atoms with van der Waals surface area (Å²) in [7, 11) is -2.50. The second-order valence-corrected chi connectivity index (χ2v) is 22.0. The number of nitrogens with one attached hydrogen (secondary N) is 1. The molecule has 3 heterocycles. The number of hydrogen-bond donors (Lipinski definition) is 1. The number of rotatable bonds is 22. The number of benzene rings is 2. The molecule has 1 aliphatic heterocycles. The number of thiazole rings is 1. The summed E-state index contributed by atoms with van der Waals surface area (Å²) in [5, 5.41) is 3.25. The molecule has 0 radical (unpaired) electrons. The van der Waals surface area contributed by atoms with Crippen LogP contribution in [0.25, 0.3) is 21.6 Å². The molecular weight excluding hydrogens is 925 g/mol. The number of carbonyl (C=O) groups is 3. The van der Waals surface area contributed by atoms with E-state index in [0.29, 0.717) is 64.9 Å². The van der Waals surface area contributed by atoms with Gasteiger partial charge in [-0.05, 0) is 100 Å². The molecule has 5 atom stereocenters. The largest absolute Gasteiger partial charge is 0.573 e. The zero-order valence-electron chi connectivity index (χ0n) is 38.9. The summed E-state index contributed by atoms with van der Waals surface area (Å²) in [6, 6.07) is 6.92. The number of carbonyl (C=O) groups excluding carboxylic acids is 3. The van der Waals surface area contributed by atoms with E-state index >= 15 is 4.79 Å². The molecule has 3 fully saturated rings. The monoisotopic (exact) mass is 982 g/mol. The minimum atomic E-state index is -5.09. The number of allylic oxidation sites excluding steroid dienone is 2. The van der Waals surface area contributed by atoms with Gasteiger partial charge in [-0.2, -0.15) is 0 Å². The van der Waals surface area contributed by atoms with Crippen LogP contribution in [0.2, 0.25) is 0 Å². The number of ketones is 1. The van der Waals surface area contributed by atoms with Crippen LogP contribution in [-0.2, 0) is 30.8 Å². The van der Waals surface area contributed by atoms with Gasteiger partial charge in [-0.1, -0.05) is 38.8 Å². The van der Waals surface area contributed by atoms with E-state index in [0.717, 1.165) is 36.2 Å². The number of hydrogen-bond acceptors (Lipinski definition) is 11. The molecule has 1 saturated heterocycles. The molecule has 18 heteroatoms. The molecule has 0 unspecified atom stereocenters. The predicted octanol–water partition coefficient (Wildman–Crippen LogP) is 10.3. The van der Waals surface area contributed by atoms with Crippen molar-refractivity contribution < 1.29 is 54.6 Å². The van der Waals surface area contributed by atoms with Crippen LogP contribution in [-0.4, -0.2) is 77.8 Å². The lowest BCUT2D eigenvalue weighted by molar-refractivity contribution is -0.274. The van der Waals surface area contributed by atoms with E-state index in [-0.39, 0.29) is 43.7 Å². The zero-order chi connectivity index (χ0) is 49.3. The molecular formula is C50H58F4N4O8S2. The van der Waals surface area contributed by atoms with E-state index in [1.807, 2.05) is 32.2 Å². The van der Waals surface area contributed by atoms with Gasteiger partial charge in [0.1, 0.15) is 39.9 Å². The lowest BCUT2D eigenvalue weighted by Gasteiger charge is -2.29. The molecule has 0 spiro atoms. The predicted molar refractivity (Wildman–Crippen MR) is 251 cm³/mol. The maximum absolute atomic E-state index is 15.1. The summed E-state index contributed by atoms with van der Waals surface area (Å²) < 4.78 is 98.9. The third-order valence-electron chi connectivity index (χ3n) is 13.6. The van der Waals surface area contributed by atoms with E-state index < -0.39 is 86.1 Å². The number of amides is 2. The molecule has 1 N–H and O–H groups in total. The average Bonchev–Trinajstić information content (AvgIpc) is 4.06. The number of ether oxygens (including phenoxy) is 3. The van der Waals surface area contributed by atoms with E-state index in [9.17, 15) is 35.6 Å². The molecule has 68 heavy (non-hydrogen) atoms. The van der Waals surface area contributed by atoms with Crippen molar-refractivity contribution in [3.05, 3.63) is 89.7 Å². The Morgan fingerprint density at radius 1 is 1.06 bits per heavy atom. The lowest BCUT2D eigenvalue weighted by atomic mass is 9.89. The van der Waals surface area contributed by atoms with Crippen LogP contribution in [0.5, 0.6) is 17.2 Å². The summed E-state index contributed by atoms with van der Waals surface area (Å²) in [5.74, 6) is -3.86. The van der Waals surface area contributed by atoms with Gasteiger partial charge in [-0.25, -0.2) is 22.8 Å². The molecule has 2 aliphatic carbocycles. The van der Waals surface area contributed by atoms with Crippen LogP contribution in [0.1, 0.15) is 108 Å². The number of pyridine rings is 1. The molecule has 2 amide bonds. The van der Waals surface area contributed by atoms with Gasteiger partial charge in [0.15, 0.2) is 5.78 Å². The SMILES string of the molecule is C=CCCCCC[C@H](Cc1cc(F)cc(OC(F)(F)F)c1)C(=O)N1C[C@H](Oc2cc(-c3nc(C(C)C)cs3)nc3c(C)c(OC)ccc23)C[C@H]1C(=O)C[C@]1(C(=O)NS(=O)(=O)C2(C)CC2)C[C@H]1C=C. The highest BCUT2D eigenvalue weighted by atomic mass is 32.2. The van der Waals surface area contributed by atoms with E-state index in [4.69, 9.17) is 19.4 Å². The quantitative estimate of drug-likeness (QED) is 0.0457. The molecule has 12 nitrogen and oxygen atoms in total. The van der Waals surface area contributed by atoms with E-state index in [1.54, 1.807) is 32.2 Å². The molecule has 2 aromatic carbocycles. The van der Waals surface area contributed by atoms with Gasteiger partial charge < -0.3 is 19.1 Å². The smallest absolute Gasteiger partial charge is 0.496 e. The highest BCUT2D eigenvalue weighted by molar-refractivity contribution is 7.91. The van der Waals surface area contributed by atoms with Crippen molar-refractivity contribution in [3.63, 3.8) is 0 Å². The number of nitrogens with zero attached hydrogens (tertiary/aromatic N) is 3. The fourth-order valence-corrected chi connectivity index (χ4v) is 11.4. The first-order valence-electron chi connectivity index (χ1n) is 22.9. The number of sulfonamides is 1. The van der Waals surface area contributed by atoms with Gasteiger partial charge in [0.2, 0.25) is 21.8 Å². The van der Waals surface area contributed by atoms with Crippen LogP contribution in [0.4, 0.5) is 17.6 Å². The third-order valence-corrected chi connectivity index (χ3v) is 16.6. The molecule has 366 valence electrons. The second-order valence-electron chi connectivity index (χ2n) is 18.9. The highest BCUT2D eigenvalue weighted by Gasteiger charge is 2.62. The van der Waals surface area contributed by atoms with E-state index in [1.165, 1.54) is 22.3 Å². The Morgan fingerprint density at radius 2 is 1.81 bits per heavy atom. The number of likely N-dealkylation sites (tertiary alicyclic amines) is 1. The lowest BCUT2D eigenvalue weighted by Crippen LogP contribution is -2.47. The maximum atomic E-state index is 15.1. The first-order chi connectivity index (χ1) is 32.1. The minimum Gasteiger partial charge on any atom is -0.496 e. The Labute approximate surface area is 398 Å². The number of methoxy groups -OCH3 is 1. The molecule has 0 bridgehead atoms. The highest BCUT2D eigenvalue weighted by Crippen LogP contribution is 2.57. The second kappa shape index (κ2) is 19.9. The Bertz CT molecular complexity index is 2700. The Hall–Kier alpha value is -5.36. The van der Waals surface area contributed by atoms with Crippen molar-refractivity contribution in [2.75, 3.05) is 13.7 Å². The summed E-state index contributed by atoms with van der Waals surface area (Å²) in [5.41, 5.74) is 1.41. The fourth-order valence-electron chi connectivity index (χ4n) is 9.11. The number of Topliss-reactive ketones (excluding diaryl/α,β-unsaturated/α-hetero) is 1. The van der Waals surface area contributed by atoms with Gasteiger partial charge in [0.25, 0.3) is 0 Å². The third kappa shape index (κ3) is 11.1. The molecule has 3 aliphatic rings. The van der Waals surface area contributed by atoms with Crippen molar-refractivity contribution in [3.8, 4) is 28.0 Å². The van der Waals surface area contributed by atoms with Crippen molar-refractivity contribution >= 4 is 49.9 Å². The van der Waals surface area contributed by atoms with Gasteiger partial charge in [-0.15, -0.1) is 37.7 Å². The molecule has 2 saturated carbocycles. The number of fused-ring (bicyclic) bond motifs is 1. The van der Waals surface area contributed by atoms with Crippen LogP contribution in [0.15, 0.2) is 67.1 Å². The van der Waals surface area contributed by atoms with Gasteiger partial charge in [-0.3, -0.25) is 19.1 Å². The minimum absolute atomic E-state index is 0.0178. The Kier molecular flexibility index (Phi) is 14.8. The van der Waals surface area contributed by atoms with Crippen molar-refractivity contribution in [1.29, 1.82) is 0 Å². The zero-order valence-corrected chi connectivity index (χ0v) is 40.6. The summed E-state index contributed by atoms with van der Waals surface area (Å²) in [6.07, 6.45) is 0.707.